The minimum atomic E-state index is 0.595. The summed E-state index contributed by atoms with van der Waals surface area (Å²) in [4.78, 5) is 2.43. The lowest BCUT2D eigenvalue weighted by molar-refractivity contribution is 0.627. The lowest BCUT2D eigenvalue weighted by atomic mass is 10.2. The van der Waals surface area contributed by atoms with Crippen molar-refractivity contribution in [1.82, 2.24) is 5.32 Å². The molecule has 1 aliphatic heterocycles. The molecule has 0 aliphatic carbocycles. The summed E-state index contributed by atoms with van der Waals surface area (Å²) >= 11 is 5.26. The van der Waals surface area contributed by atoms with E-state index >= 15 is 0 Å². The Bertz CT molecular complexity index is 408. The summed E-state index contributed by atoms with van der Waals surface area (Å²) in [5, 5.41) is 7.12. The molecule has 4 heteroatoms. The molecular formula is C15H23N3S. The van der Waals surface area contributed by atoms with Gasteiger partial charge in [-0.2, -0.15) is 0 Å². The second-order valence-electron chi connectivity index (χ2n) is 5.47. The molecule has 0 bridgehead atoms. The summed E-state index contributed by atoms with van der Waals surface area (Å²) in [6.07, 6.45) is 2.62. The van der Waals surface area contributed by atoms with Gasteiger partial charge in [-0.05, 0) is 55.2 Å². The summed E-state index contributed by atoms with van der Waals surface area (Å²) in [5.41, 5.74) is 2.35. The molecule has 0 atom stereocenters. The fourth-order valence-electron chi connectivity index (χ4n) is 2.20. The molecule has 1 saturated heterocycles. The Morgan fingerprint density at radius 3 is 2.42 bits per heavy atom. The van der Waals surface area contributed by atoms with Gasteiger partial charge >= 0.3 is 0 Å². The maximum Gasteiger partial charge on any atom is 0.170 e. The van der Waals surface area contributed by atoms with Crippen LogP contribution in [0.3, 0.4) is 0 Å². The molecule has 2 N–H and O–H groups in total. The van der Waals surface area contributed by atoms with Crippen LogP contribution in [-0.4, -0.2) is 24.7 Å². The maximum atomic E-state index is 5.26. The van der Waals surface area contributed by atoms with E-state index in [1.165, 1.54) is 31.6 Å². The Hall–Kier alpha value is -1.29. The molecule has 2 rings (SSSR count). The Morgan fingerprint density at radius 2 is 1.84 bits per heavy atom. The molecule has 0 amide bonds. The predicted molar refractivity (Wildman–Crippen MR) is 87.0 cm³/mol. The van der Waals surface area contributed by atoms with Crippen molar-refractivity contribution in [2.24, 2.45) is 5.92 Å². The van der Waals surface area contributed by atoms with Crippen LogP contribution in [0, 0.1) is 5.92 Å². The van der Waals surface area contributed by atoms with E-state index in [1.54, 1.807) is 0 Å². The Balaban J connectivity index is 1.86. The van der Waals surface area contributed by atoms with Crippen molar-refractivity contribution in [3.05, 3.63) is 24.3 Å². The van der Waals surface area contributed by atoms with E-state index in [4.69, 9.17) is 12.2 Å². The Kier molecular flexibility index (Phi) is 5.02. The van der Waals surface area contributed by atoms with Crippen LogP contribution < -0.4 is 15.5 Å². The van der Waals surface area contributed by atoms with Gasteiger partial charge in [-0.15, -0.1) is 0 Å². The second kappa shape index (κ2) is 6.75. The van der Waals surface area contributed by atoms with Crippen molar-refractivity contribution in [2.45, 2.75) is 26.7 Å². The average Bonchev–Trinajstić information content (AvgIpc) is 2.91. The molecule has 104 valence electrons. The van der Waals surface area contributed by atoms with Gasteiger partial charge in [-0.3, -0.25) is 0 Å². The highest BCUT2D eigenvalue weighted by Gasteiger charge is 2.11. The van der Waals surface area contributed by atoms with Crippen LogP contribution in [0.15, 0.2) is 24.3 Å². The van der Waals surface area contributed by atoms with Crippen molar-refractivity contribution >= 4 is 28.7 Å². The van der Waals surface area contributed by atoms with Crippen LogP contribution in [-0.2, 0) is 0 Å². The zero-order chi connectivity index (χ0) is 13.7. The normalized spacial score (nSPS) is 14.8. The van der Waals surface area contributed by atoms with E-state index in [-0.39, 0.29) is 0 Å². The SMILES string of the molecule is CC(C)CNC(=S)Nc1ccc(N2CCCC2)cc1. The van der Waals surface area contributed by atoms with Crippen molar-refractivity contribution in [3.63, 3.8) is 0 Å². The fourth-order valence-corrected chi connectivity index (χ4v) is 2.40. The van der Waals surface area contributed by atoms with Crippen LogP contribution in [0.25, 0.3) is 0 Å². The highest BCUT2D eigenvalue weighted by atomic mass is 32.1. The fraction of sp³-hybridized carbons (Fsp3) is 0.533. The molecule has 1 aromatic rings. The molecule has 19 heavy (non-hydrogen) atoms. The van der Waals surface area contributed by atoms with Crippen LogP contribution in [0.2, 0.25) is 0 Å². The minimum absolute atomic E-state index is 0.595. The van der Waals surface area contributed by atoms with E-state index in [0.717, 1.165) is 12.2 Å². The molecule has 0 spiro atoms. The summed E-state index contributed by atoms with van der Waals surface area (Å²) < 4.78 is 0. The van der Waals surface area contributed by atoms with Gasteiger partial charge in [-0.1, -0.05) is 13.8 Å². The first-order valence-electron chi connectivity index (χ1n) is 7.05. The topological polar surface area (TPSA) is 27.3 Å². The zero-order valence-corrected chi connectivity index (χ0v) is 12.6. The molecule has 3 nitrogen and oxygen atoms in total. The quantitative estimate of drug-likeness (QED) is 0.826. The van der Waals surface area contributed by atoms with E-state index in [2.05, 4.69) is 53.6 Å². The number of benzene rings is 1. The first kappa shape index (κ1) is 14.1. The Labute approximate surface area is 121 Å². The maximum absolute atomic E-state index is 5.26. The van der Waals surface area contributed by atoms with Crippen molar-refractivity contribution in [1.29, 1.82) is 0 Å². The van der Waals surface area contributed by atoms with E-state index in [1.807, 2.05) is 0 Å². The molecule has 0 unspecified atom stereocenters. The van der Waals surface area contributed by atoms with Gasteiger partial charge < -0.3 is 15.5 Å². The van der Waals surface area contributed by atoms with Crippen LogP contribution in [0.4, 0.5) is 11.4 Å². The van der Waals surface area contributed by atoms with E-state index in [9.17, 15) is 0 Å². The minimum Gasteiger partial charge on any atom is -0.372 e. The smallest absolute Gasteiger partial charge is 0.170 e. The van der Waals surface area contributed by atoms with E-state index in [0.29, 0.717) is 11.0 Å². The molecule has 0 saturated carbocycles. The monoisotopic (exact) mass is 277 g/mol. The van der Waals surface area contributed by atoms with Gasteiger partial charge in [-0.25, -0.2) is 0 Å². The molecular weight excluding hydrogens is 254 g/mol. The largest absolute Gasteiger partial charge is 0.372 e. The number of nitrogens with one attached hydrogen (secondary N) is 2. The van der Waals surface area contributed by atoms with Crippen LogP contribution >= 0.6 is 12.2 Å². The molecule has 1 fully saturated rings. The molecule has 1 aromatic carbocycles. The predicted octanol–water partition coefficient (Wildman–Crippen LogP) is 3.23. The average molecular weight is 277 g/mol. The number of nitrogens with zero attached hydrogens (tertiary/aromatic N) is 1. The molecule has 0 radical (unpaired) electrons. The summed E-state index contributed by atoms with van der Waals surface area (Å²) in [6, 6.07) is 8.52. The highest BCUT2D eigenvalue weighted by Crippen LogP contribution is 2.21. The lowest BCUT2D eigenvalue weighted by Gasteiger charge is -2.18. The van der Waals surface area contributed by atoms with Crippen LogP contribution in [0.1, 0.15) is 26.7 Å². The third-order valence-corrected chi connectivity index (χ3v) is 3.51. The van der Waals surface area contributed by atoms with Gasteiger partial charge in [0.15, 0.2) is 5.11 Å². The first-order chi connectivity index (χ1) is 9.15. The molecule has 0 aromatic heterocycles. The van der Waals surface area contributed by atoms with E-state index < -0.39 is 0 Å². The third-order valence-electron chi connectivity index (χ3n) is 3.27. The highest BCUT2D eigenvalue weighted by molar-refractivity contribution is 7.80. The lowest BCUT2D eigenvalue weighted by Crippen LogP contribution is -2.31. The van der Waals surface area contributed by atoms with Gasteiger partial charge in [0.25, 0.3) is 0 Å². The first-order valence-corrected chi connectivity index (χ1v) is 7.46. The van der Waals surface area contributed by atoms with Gasteiger partial charge in [0.1, 0.15) is 0 Å². The second-order valence-corrected chi connectivity index (χ2v) is 5.88. The molecule has 1 heterocycles. The number of hydrogen-bond donors (Lipinski definition) is 2. The summed E-state index contributed by atoms with van der Waals surface area (Å²) in [6.45, 7) is 7.60. The van der Waals surface area contributed by atoms with Crippen LogP contribution in [0.5, 0.6) is 0 Å². The van der Waals surface area contributed by atoms with Gasteiger partial charge in [0.2, 0.25) is 0 Å². The molecule has 1 aliphatic rings. The third kappa shape index (κ3) is 4.39. The van der Waals surface area contributed by atoms with Gasteiger partial charge in [0.05, 0.1) is 0 Å². The van der Waals surface area contributed by atoms with Gasteiger partial charge in [0, 0.05) is 31.0 Å². The van der Waals surface area contributed by atoms with Crippen molar-refractivity contribution < 1.29 is 0 Å². The summed E-state index contributed by atoms with van der Waals surface area (Å²) in [5.74, 6) is 0.595. The summed E-state index contributed by atoms with van der Waals surface area (Å²) in [7, 11) is 0. The number of rotatable bonds is 4. The number of anilines is 2. The zero-order valence-electron chi connectivity index (χ0n) is 11.8. The number of thiocarbonyl (C=S) groups is 1. The Morgan fingerprint density at radius 1 is 1.21 bits per heavy atom. The number of hydrogen-bond acceptors (Lipinski definition) is 2. The van der Waals surface area contributed by atoms with Crippen molar-refractivity contribution in [2.75, 3.05) is 29.9 Å². The van der Waals surface area contributed by atoms with Crippen molar-refractivity contribution in [3.8, 4) is 0 Å². The standard InChI is InChI=1S/C15H23N3S/c1-12(2)11-16-15(19)17-13-5-7-14(8-6-13)18-9-3-4-10-18/h5-8,12H,3-4,9-11H2,1-2H3,(H2,16,17,19).